The fourth-order valence-corrected chi connectivity index (χ4v) is 5.67. The van der Waals surface area contributed by atoms with Crippen molar-refractivity contribution in [3.8, 4) is 0 Å². The summed E-state index contributed by atoms with van der Waals surface area (Å²) >= 11 is 0. The van der Waals surface area contributed by atoms with Gasteiger partial charge in [-0.2, -0.15) is 0 Å². The van der Waals surface area contributed by atoms with Crippen LogP contribution in [-0.2, 0) is 19.3 Å². The number of carbonyl (C=O) groups excluding carboxylic acids is 1. The van der Waals surface area contributed by atoms with Gasteiger partial charge in [0.15, 0.2) is 0 Å². The van der Waals surface area contributed by atoms with Gasteiger partial charge >= 0.3 is 0 Å². The van der Waals surface area contributed by atoms with Gasteiger partial charge in [-0.05, 0) is 73.9 Å². The fourth-order valence-electron chi connectivity index (χ4n) is 5.67. The van der Waals surface area contributed by atoms with Crippen LogP contribution in [0.4, 0.5) is 5.69 Å². The minimum atomic E-state index is 0.190. The van der Waals surface area contributed by atoms with E-state index in [0.29, 0.717) is 6.04 Å². The monoisotopic (exact) mass is 385 g/mol. The highest BCUT2D eigenvalue weighted by Gasteiger charge is 2.34. The second kappa shape index (κ2) is 6.65. The number of nitrogens with zero attached hydrogens (tertiary/aromatic N) is 2. The number of hydrogen-bond donors (Lipinski definition) is 1. The largest absolute Gasteiger partial charge is 0.366 e. The van der Waals surface area contributed by atoms with Crippen LogP contribution >= 0.6 is 0 Å². The molecular formula is C25H27N3O. The first-order valence-corrected chi connectivity index (χ1v) is 11.1. The summed E-state index contributed by atoms with van der Waals surface area (Å²) in [7, 11) is 0. The van der Waals surface area contributed by atoms with E-state index < -0.39 is 0 Å². The van der Waals surface area contributed by atoms with E-state index in [1.54, 1.807) is 0 Å². The summed E-state index contributed by atoms with van der Waals surface area (Å²) in [5.74, 6) is 0.190. The number of fused-ring (bicyclic) bond motifs is 6. The number of hydrogen-bond acceptors (Lipinski definition) is 2. The lowest BCUT2D eigenvalue weighted by Gasteiger charge is -2.27. The highest BCUT2D eigenvalue weighted by atomic mass is 16.2. The molecule has 0 saturated carbocycles. The maximum atomic E-state index is 13.4. The number of rotatable bonds is 1. The van der Waals surface area contributed by atoms with Crippen molar-refractivity contribution in [2.24, 2.45) is 0 Å². The average Bonchev–Trinajstić information content (AvgIpc) is 3.22. The number of aryl methyl sites for hydroxylation is 2. The predicted octanol–water partition coefficient (Wildman–Crippen LogP) is 4.32. The molecule has 4 nitrogen and oxygen atoms in total. The summed E-state index contributed by atoms with van der Waals surface area (Å²) < 4.78 is 0. The first-order chi connectivity index (χ1) is 14.3. The van der Waals surface area contributed by atoms with Crippen LogP contribution in [0, 0.1) is 0 Å². The number of para-hydroxylation sites is 1. The Morgan fingerprint density at radius 2 is 1.90 bits per heavy atom. The third kappa shape index (κ3) is 2.77. The van der Waals surface area contributed by atoms with Crippen LogP contribution in [0.5, 0.6) is 0 Å². The van der Waals surface area contributed by atoms with Crippen molar-refractivity contribution < 1.29 is 4.79 Å². The van der Waals surface area contributed by atoms with Crippen LogP contribution in [0.2, 0.25) is 0 Å². The smallest absolute Gasteiger partial charge is 0.253 e. The summed E-state index contributed by atoms with van der Waals surface area (Å²) in [4.78, 5) is 21.6. The molecule has 3 aromatic rings. The molecular weight excluding hydrogens is 358 g/mol. The van der Waals surface area contributed by atoms with Gasteiger partial charge in [-0.15, -0.1) is 0 Å². The third-order valence-electron chi connectivity index (χ3n) is 7.09. The molecule has 1 fully saturated rings. The average molecular weight is 386 g/mol. The Bertz CT molecular complexity index is 1100. The highest BCUT2D eigenvalue weighted by molar-refractivity contribution is 5.99. The molecule has 1 saturated heterocycles. The normalized spacial score (nSPS) is 20.9. The summed E-state index contributed by atoms with van der Waals surface area (Å²) in [5.41, 5.74) is 7.63. The van der Waals surface area contributed by atoms with Gasteiger partial charge in [0.25, 0.3) is 5.91 Å². The summed E-state index contributed by atoms with van der Waals surface area (Å²) in [5, 5.41) is 1.26. The number of aromatic amines is 1. The van der Waals surface area contributed by atoms with Crippen molar-refractivity contribution in [3.63, 3.8) is 0 Å². The Morgan fingerprint density at radius 3 is 2.86 bits per heavy atom. The Hall–Kier alpha value is -2.75. The predicted molar refractivity (Wildman–Crippen MR) is 117 cm³/mol. The van der Waals surface area contributed by atoms with E-state index in [0.717, 1.165) is 50.9 Å². The third-order valence-corrected chi connectivity index (χ3v) is 7.09. The molecule has 29 heavy (non-hydrogen) atoms. The van der Waals surface area contributed by atoms with Crippen molar-refractivity contribution >= 4 is 22.5 Å². The molecule has 6 rings (SSSR count). The van der Waals surface area contributed by atoms with Gasteiger partial charge in [-0.3, -0.25) is 4.79 Å². The van der Waals surface area contributed by atoms with E-state index in [2.05, 4.69) is 51.2 Å². The SMILES string of the molecule is O=C(c1ccc2[nH]c3c(c2c1)CCCC3)N1CCCN2c3ccccc3CC2C1. The molecule has 1 amide bonds. The molecule has 0 bridgehead atoms. The molecule has 1 N–H and O–H groups in total. The number of benzene rings is 2. The molecule has 4 heteroatoms. The second-order valence-corrected chi connectivity index (χ2v) is 8.83. The molecule has 3 heterocycles. The zero-order valence-electron chi connectivity index (χ0n) is 16.8. The highest BCUT2D eigenvalue weighted by Crippen LogP contribution is 2.34. The summed E-state index contributed by atoms with van der Waals surface area (Å²) in [6.07, 6.45) is 6.86. The van der Waals surface area contributed by atoms with Crippen molar-refractivity contribution in [2.45, 2.75) is 44.6 Å². The topological polar surface area (TPSA) is 39.3 Å². The molecule has 2 aliphatic heterocycles. The Morgan fingerprint density at radius 1 is 1.00 bits per heavy atom. The van der Waals surface area contributed by atoms with Gasteiger partial charge in [-0.25, -0.2) is 0 Å². The minimum absolute atomic E-state index is 0.190. The van der Waals surface area contributed by atoms with Gasteiger partial charge < -0.3 is 14.8 Å². The number of anilines is 1. The lowest BCUT2D eigenvalue weighted by molar-refractivity contribution is 0.0756. The first-order valence-electron chi connectivity index (χ1n) is 11.1. The lowest BCUT2D eigenvalue weighted by atomic mass is 9.95. The first kappa shape index (κ1) is 17.1. The molecule has 148 valence electrons. The molecule has 1 aromatic heterocycles. The Balaban J connectivity index is 1.28. The minimum Gasteiger partial charge on any atom is -0.366 e. The molecule has 1 atom stereocenters. The number of H-pyrrole nitrogens is 1. The van der Waals surface area contributed by atoms with Gasteiger partial charge in [0.1, 0.15) is 0 Å². The maximum Gasteiger partial charge on any atom is 0.253 e. The van der Waals surface area contributed by atoms with E-state index >= 15 is 0 Å². The number of carbonyl (C=O) groups is 1. The fraction of sp³-hybridized carbons (Fsp3) is 0.400. The number of amides is 1. The van der Waals surface area contributed by atoms with Gasteiger partial charge in [0, 0.05) is 47.5 Å². The maximum absolute atomic E-state index is 13.4. The molecule has 1 unspecified atom stereocenters. The van der Waals surface area contributed by atoms with Crippen LogP contribution in [0.25, 0.3) is 10.9 Å². The summed E-state index contributed by atoms with van der Waals surface area (Å²) in [6.45, 7) is 2.70. The van der Waals surface area contributed by atoms with Crippen molar-refractivity contribution in [3.05, 3.63) is 64.8 Å². The van der Waals surface area contributed by atoms with E-state index in [1.165, 1.54) is 46.3 Å². The van der Waals surface area contributed by atoms with Gasteiger partial charge in [-0.1, -0.05) is 18.2 Å². The van der Waals surface area contributed by atoms with Crippen molar-refractivity contribution in [1.29, 1.82) is 0 Å². The van der Waals surface area contributed by atoms with Gasteiger partial charge in [0.2, 0.25) is 0 Å². The van der Waals surface area contributed by atoms with E-state index in [1.807, 2.05) is 6.07 Å². The standard InChI is InChI=1S/C25H27N3O/c29-25(18-10-11-23-21(15-18)20-7-2-3-8-22(20)26-23)27-12-5-13-28-19(16-27)14-17-6-1-4-9-24(17)28/h1,4,6,9-11,15,19,26H,2-3,5,7-8,12-14,16H2. The van der Waals surface area contributed by atoms with Crippen LogP contribution in [0.1, 0.15) is 46.4 Å². The Kier molecular flexibility index (Phi) is 3.93. The van der Waals surface area contributed by atoms with E-state index in [9.17, 15) is 4.79 Å². The molecule has 1 aliphatic carbocycles. The van der Waals surface area contributed by atoms with Crippen molar-refractivity contribution in [1.82, 2.24) is 9.88 Å². The lowest BCUT2D eigenvalue weighted by Crippen LogP contribution is -2.41. The molecule has 3 aliphatic rings. The van der Waals surface area contributed by atoms with Crippen LogP contribution in [-0.4, -0.2) is 41.5 Å². The van der Waals surface area contributed by atoms with Crippen molar-refractivity contribution in [2.75, 3.05) is 24.5 Å². The van der Waals surface area contributed by atoms with E-state index in [-0.39, 0.29) is 5.91 Å². The molecule has 0 radical (unpaired) electrons. The van der Waals surface area contributed by atoms with Crippen LogP contribution in [0.15, 0.2) is 42.5 Å². The zero-order valence-corrected chi connectivity index (χ0v) is 16.8. The van der Waals surface area contributed by atoms with E-state index in [4.69, 9.17) is 0 Å². The second-order valence-electron chi connectivity index (χ2n) is 8.83. The van der Waals surface area contributed by atoms with Gasteiger partial charge in [0.05, 0.1) is 6.04 Å². The quantitative estimate of drug-likeness (QED) is 0.677. The Labute approximate surface area is 171 Å². The molecule has 0 spiro atoms. The summed E-state index contributed by atoms with van der Waals surface area (Å²) in [6, 6.07) is 15.4. The van der Waals surface area contributed by atoms with Crippen LogP contribution < -0.4 is 4.90 Å². The number of aromatic nitrogens is 1. The zero-order chi connectivity index (χ0) is 19.4. The number of nitrogens with one attached hydrogen (secondary N) is 1. The van der Waals surface area contributed by atoms with Crippen LogP contribution in [0.3, 0.4) is 0 Å². The molecule has 2 aromatic carbocycles.